The van der Waals surface area contributed by atoms with Gasteiger partial charge in [-0.25, -0.2) is 14.4 Å². The molecule has 148 valence electrons. The number of nitrogens with one attached hydrogen (secondary N) is 1. The van der Waals surface area contributed by atoms with Gasteiger partial charge in [0.25, 0.3) is 0 Å². The molecule has 0 amide bonds. The van der Waals surface area contributed by atoms with E-state index in [-0.39, 0.29) is 5.82 Å². The van der Waals surface area contributed by atoms with Crippen molar-refractivity contribution in [3.05, 3.63) is 65.6 Å². The fraction of sp³-hybridized carbons (Fsp3) is 0.182. The average molecular weight is 409 g/mol. The van der Waals surface area contributed by atoms with Crippen LogP contribution >= 0.6 is 11.3 Å². The third-order valence-electron chi connectivity index (χ3n) is 4.68. The predicted octanol–water partition coefficient (Wildman–Crippen LogP) is 5.17. The van der Waals surface area contributed by atoms with Gasteiger partial charge in [0.2, 0.25) is 0 Å². The Bertz CT molecular complexity index is 1130. The van der Waals surface area contributed by atoms with Crippen molar-refractivity contribution in [2.24, 2.45) is 0 Å². The summed E-state index contributed by atoms with van der Waals surface area (Å²) in [5.74, 6) is 1.95. The summed E-state index contributed by atoms with van der Waals surface area (Å²) in [4.78, 5) is 9.71. The van der Waals surface area contributed by atoms with Crippen molar-refractivity contribution in [3.63, 3.8) is 0 Å². The van der Waals surface area contributed by atoms with Crippen molar-refractivity contribution in [1.82, 2.24) is 9.97 Å². The smallest absolute Gasteiger partial charge is 0.160 e. The largest absolute Gasteiger partial charge is 0.493 e. The van der Waals surface area contributed by atoms with Crippen LogP contribution in [-0.2, 0) is 6.42 Å². The molecule has 0 saturated carbocycles. The van der Waals surface area contributed by atoms with E-state index >= 15 is 0 Å². The van der Waals surface area contributed by atoms with Crippen LogP contribution in [0.25, 0.3) is 21.3 Å². The van der Waals surface area contributed by atoms with E-state index in [9.17, 15) is 4.39 Å². The van der Waals surface area contributed by atoms with E-state index in [0.29, 0.717) is 18.0 Å². The van der Waals surface area contributed by atoms with E-state index in [1.807, 2.05) is 23.6 Å². The zero-order valence-corrected chi connectivity index (χ0v) is 16.9. The van der Waals surface area contributed by atoms with E-state index in [1.54, 1.807) is 44.0 Å². The summed E-state index contributed by atoms with van der Waals surface area (Å²) in [6.45, 7) is 0.695. The number of fused-ring (bicyclic) bond motifs is 1. The Kier molecular flexibility index (Phi) is 5.57. The Hall–Kier alpha value is -3.19. The molecule has 1 N–H and O–H groups in total. The minimum absolute atomic E-state index is 0.252. The highest BCUT2D eigenvalue weighted by Crippen LogP contribution is 2.36. The standard InChI is InChI=1S/C22H20FN3O2S/c1-27-18-8-3-14(11-19(18)28-2)9-10-24-21-20-17(12-29-22(20)26-13-25-21)15-4-6-16(23)7-5-15/h3-8,11-13H,9-10H2,1-2H3,(H,24,25,26). The molecule has 29 heavy (non-hydrogen) atoms. The molecule has 4 aromatic rings. The second kappa shape index (κ2) is 8.45. The second-order valence-corrected chi connectivity index (χ2v) is 7.28. The topological polar surface area (TPSA) is 56.3 Å². The van der Waals surface area contributed by atoms with Gasteiger partial charge < -0.3 is 14.8 Å². The number of methoxy groups -OCH3 is 2. The van der Waals surface area contributed by atoms with Crippen molar-refractivity contribution < 1.29 is 13.9 Å². The molecule has 0 atom stereocenters. The molecule has 5 nitrogen and oxygen atoms in total. The fourth-order valence-electron chi connectivity index (χ4n) is 3.21. The lowest BCUT2D eigenvalue weighted by Crippen LogP contribution is -2.07. The third-order valence-corrected chi connectivity index (χ3v) is 5.57. The van der Waals surface area contributed by atoms with Crippen LogP contribution < -0.4 is 14.8 Å². The molecule has 0 bridgehead atoms. The van der Waals surface area contributed by atoms with Crippen molar-refractivity contribution >= 4 is 27.4 Å². The first-order valence-electron chi connectivity index (χ1n) is 9.12. The van der Waals surface area contributed by atoms with Gasteiger partial charge in [-0.3, -0.25) is 0 Å². The normalized spacial score (nSPS) is 10.9. The Morgan fingerprint density at radius 2 is 1.79 bits per heavy atom. The summed E-state index contributed by atoms with van der Waals surface area (Å²) in [5, 5.41) is 6.41. The van der Waals surface area contributed by atoms with E-state index in [0.717, 1.165) is 39.1 Å². The first kappa shape index (κ1) is 19.1. The van der Waals surface area contributed by atoms with Crippen LogP contribution in [-0.4, -0.2) is 30.7 Å². The summed E-state index contributed by atoms with van der Waals surface area (Å²) in [7, 11) is 3.25. The van der Waals surface area contributed by atoms with Crippen molar-refractivity contribution in [2.45, 2.75) is 6.42 Å². The number of anilines is 1. The zero-order valence-electron chi connectivity index (χ0n) is 16.1. The maximum absolute atomic E-state index is 13.3. The number of hydrogen-bond acceptors (Lipinski definition) is 6. The molecule has 0 saturated heterocycles. The number of ether oxygens (including phenoxy) is 2. The van der Waals surface area contributed by atoms with Gasteiger partial charge in [-0.05, 0) is 41.8 Å². The molecule has 7 heteroatoms. The Morgan fingerprint density at radius 1 is 1.00 bits per heavy atom. The molecule has 4 rings (SSSR count). The number of rotatable bonds is 7. The Labute approximate surface area is 172 Å². The molecule has 2 aromatic heterocycles. The van der Waals surface area contributed by atoms with Gasteiger partial charge in [0.15, 0.2) is 11.5 Å². The van der Waals surface area contributed by atoms with Crippen LogP contribution in [0.15, 0.2) is 54.2 Å². The van der Waals surface area contributed by atoms with E-state index < -0.39 is 0 Å². The van der Waals surface area contributed by atoms with Gasteiger partial charge in [0.1, 0.15) is 22.8 Å². The second-order valence-electron chi connectivity index (χ2n) is 6.42. The average Bonchev–Trinajstić information content (AvgIpc) is 3.19. The molecule has 0 aliphatic heterocycles. The van der Waals surface area contributed by atoms with Crippen LogP contribution in [0.1, 0.15) is 5.56 Å². The van der Waals surface area contributed by atoms with Crippen molar-refractivity contribution in [1.29, 1.82) is 0 Å². The van der Waals surface area contributed by atoms with E-state index in [2.05, 4.69) is 15.3 Å². The summed E-state index contributed by atoms with van der Waals surface area (Å²) >= 11 is 1.55. The minimum atomic E-state index is -0.252. The lowest BCUT2D eigenvalue weighted by molar-refractivity contribution is 0.354. The van der Waals surface area contributed by atoms with Gasteiger partial charge in [-0.1, -0.05) is 18.2 Å². The van der Waals surface area contributed by atoms with Crippen LogP contribution in [0, 0.1) is 5.82 Å². The minimum Gasteiger partial charge on any atom is -0.493 e. The van der Waals surface area contributed by atoms with Crippen molar-refractivity contribution in [2.75, 3.05) is 26.1 Å². The molecular weight excluding hydrogens is 389 g/mol. The summed E-state index contributed by atoms with van der Waals surface area (Å²) in [6, 6.07) is 12.4. The third kappa shape index (κ3) is 4.00. The molecule has 0 radical (unpaired) electrons. The highest BCUT2D eigenvalue weighted by molar-refractivity contribution is 7.17. The number of hydrogen-bond donors (Lipinski definition) is 1. The molecule has 2 aromatic carbocycles. The molecule has 0 fully saturated rings. The molecule has 0 aliphatic carbocycles. The van der Waals surface area contributed by atoms with Crippen LogP contribution in [0.3, 0.4) is 0 Å². The van der Waals surface area contributed by atoms with Gasteiger partial charge in [-0.15, -0.1) is 11.3 Å². The number of aromatic nitrogens is 2. The first-order valence-corrected chi connectivity index (χ1v) is 10.0. The lowest BCUT2D eigenvalue weighted by atomic mass is 10.1. The molecule has 0 unspecified atom stereocenters. The van der Waals surface area contributed by atoms with Gasteiger partial charge in [0, 0.05) is 17.5 Å². The van der Waals surface area contributed by atoms with Crippen LogP contribution in [0.4, 0.5) is 10.2 Å². The van der Waals surface area contributed by atoms with Gasteiger partial charge in [-0.2, -0.15) is 0 Å². The molecule has 2 heterocycles. The summed E-state index contributed by atoms with van der Waals surface area (Å²) in [6.07, 6.45) is 2.36. The monoisotopic (exact) mass is 409 g/mol. The molecule has 0 aliphatic rings. The Morgan fingerprint density at radius 3 is 2.55 bits per heavy atom. The zero-order chi connectivity index (χ0) is 20.2. The maximum atomic E-state index is 13.3. The highest BCUT2D eigenvalue weighted by atomic mass is 32.1. The maximum Gasteiger partial charge on any atom is 0.160 e. The number of halogens is 1. The van der Waals surface area contributed by atoms with Crippen LogP contribution in [0.2, 0.25) is 0 Å². The fourth-order valence-corrected chi connectivity index (χ4v) is 4.13. The Balaban J connectivity index is 1.55. The molecular formula is C22H20FN3O2S. The molecule has 0 spiro atoms. The number of nitrogens with zero attached hydrogens (tertiary/aromatic N) is 2. The summed E-state index contributed by atoms with van der Waals surface area (Å²) in [5.41, 5.74) is 3.07. The quantitative estimate of drug-likeness (QED) is 0.456. The lowest BCUT2D eigenvalue weighted by Gasteiger charge is -2.11. The predicted molar refractivity (Wildman–Crippen MR) is 115 cm³/mol. The van der Waals surface area contributed by atoms with Crippen molar-refractivity contribution in [3.8, 4) is 22.6 Å². The van der Waals surface area contributed by atoms with Crippen LogP contribution in [0.5, 0.6) is 11.5 Å². The van der Waals surface area contributed by atoms with E-state index in [1.165, 1.54) is 12.1 Å². The van der Waals surface area contributed by atoms with E-state index in [4.69, 9.17) is 9.47 Å². The highest BCUT2D eigenvalue weighted by Gasteiger charge is 2.13. The van der Waals surface area contributed by atoms with Gasteiger partial charge in [0.05, 0.1) is 19.6 Å². The van der Waals surface area contributed by atoms with Gasteiger partial charge >= 0.3 is 0 Å². The SMILES string of the molecule is COc1ccc(CCNc2ncnc3scc(-c4ccc(F)cc4)c23)cc1OC. The number of benzene rings is 2. The summed E-state index contributed by atoms with van der Waals surface area (Å²) < 4.78 is 24.0. The first-order chi connectivity index (χ1) is 14.2. The number of thiophene rings is 1.